The molecule has 1 aromatic heterocycles. The van der Waals surface area contributed by atoms with E-state index in [-0.39, 0.29) is 5.78 Å². The van der Waals surface area contributed by atoms with Crippen LogP contribution in [0.15, 0.2) is 52.0 Å². The van der Waals surface area contributed by atoms with E-state index in [1.165, 1.54) is 23.6 Å². The molecule has 0 fully saturated rings. The van der Waals surface area contributed by atoms with E-state index >= 15 is 0 Å². The van der Waals surface area contributed by atoms with Crippen LogP contribution in [0.2, 0.25) is 0 Å². The van der Waals surface area contributed by atoms with Crippen molar-refractivity contribution < 1.29 is 9.21 Å². The van der Waals surface area contributed by atoms with Gasteiger partial charge in [-0.05, 0) is 31.2 Å². The summed E-state index contributed by atoms with van der Waals surface area (Å²) in [6.45, 7) is 2.04. The summed E-state index contributed by atoms with van der Waals surface area (Å²) < 4.78 is 5.04. The van der Waals surface area contributed by atoms with Gasteiger partial charge in [0.25, 0.3) is 0 Å². The lowest BCUT2D eigenvalue weighted by Crippen LogP contribution is -1.99. The highest BCUT2D eigenvalue weighted by molar-refractivity contribution is 8.00. The number of benzene rings is 1. The van der Waals surface area contributed by atoms with Crippen molar-refractivity contribution in [1.29, 1.82) is 0 Å². The summed E-state index contributed by atoms with van der Waals surface area (Å²) >= 11 is 1.53. The second-order valence-electron chi connectivity index (χ2n) is 3.50. The fraction of sp³-hybridized carbons (Fsp3) is 0.154. The maximum Gasteiger partial charge on any atom is 0.208 e. The van der Waals surface area contributed by atoms with Crippen molar-refractivity contribution in [1.82, 2.24) is 0 Å². The third kappa shape index (κ3) is 2.76. The van der Waals surface area contributed by atoms with E-state index in [1.54, 1.807) is 12.1 Å². The number of aryl methyl sites for hydroxylation is 1. The average molecular weight is 232 g/mol. The van der Waals surface area contributed by atoms with Crippen LogP contribution in [0.3, 0.4) is 0 Å². The highest BCUT2D eigenvalue weighted by Gasteiger charge is 2.08. The molecule has 2 nitrogen and oxygen atoms in total. The smallest absolute Gasteiger partial charge is 0.208 e. The second-order valence-corrected chi connectivity index (χ2v) is 4.55. The minimum absolute atomic E-state index is 0.0237. The molecule has 0 aliphatic carbocycles. The minimum atomic E-state index is 0.0237. The normalized spacial score (nSPS) is 10.3. The van der Waals surface area contributed by atoms with Crippen molar-refractivity contribution in [3.8, 4) is 0 Å². The van der Waals surface area contributed by atoms with Crippen molar-refractivity contribution >= 4 is 17.5 Å². The molecule has 0 N–H and O–H groups in total. The molecule has 16 heavy (non-hydrogen) atoms. The lowest BCUT2D eigenvalue weighted by molar-refractivity contribution is 0.0992. The van der Waals surface area contributed by atoms with Crippen LogP contribution in [-0.2, 0) is 0 Å². The zero-order chi connectivity index (χ0) is 11.4. The standard InChI is InChI=1S/C13H12O2S/c1-10-4-6-11(7-5-10)16-9-12(14)13-3-2-8-15-13/h2-8H,9H2,1H3. The van der Waals surface area contributed by atoms with Crippen LogP contribution in [0.5, 0.6) is 0 Å². The topological polar surface area (TPSA) is 30.2 Å². The Balaban J connectivity index is 1.93. The number of Topliss-reactive ketones (excluding diaryl/α,β-unsaturated/α-hetero) is 1. The van der Waals surface area contributed by atoms with E-state index in [0.29, 0.717) is 11.5 Å². The molecule has 0 bridgehead atoms. The Morgan fingerprint density at radius 1 is 1.25 bits per heavy atom. The number of thioether (sulfide) groups is 1. The van der Waals surface area contributed by atoms with Crippen LogP contribution in [0.1, 0.15) is 16.1 Å². The number of hydrogen-bond donors (Lipinski definition) is 0. The lowest BCUT2D eigenvalue weighted by atomic mass is 10.2. The molecule has 3 heteroatoms. The molecule has 2 aromatic rings. The van der Waals surface area contributed by atoms with Gasteiger partial charge in [-0.1, -0.05) is 17.7 Å². The Morgan fingerprint density at radius 3 is 2.62 bits per heavy atom. The van der Waals surface area contributed by atoms with Gasteiger partial charge >= 0.3 is 0 Å². The van der Waals surface area contributed by atoms with Crippen LogP contribution in [-0.4, -0.2) is 11.5 Å². The first kappa shape index (κ1) is 11.0. The molecule has 82 valence electrons. The molecule has 1 aromatic carbocycles. The van der Waals surface area contributed by atoms with Crippen LogP contribution in [0.25, 0.3) is 0 Å². The Kier molecular flexibility index (Phi) is 3.47. The Labute approximate surface area is 98.7 Å². The molecule has 0 aliphatic rings. The zero-order valence-electron chi connectivity index (χ0n) is 8.97. The Hall–Kier alpha value is -1.48. The predicted octanol–water partition coefficient (Wildman–Crippen LogP) is 3.56. The molecule has 0 radical (unpaired) electrons. The molecule has 2 rings (SSSR count). The van der Waals surface area contributed by atoms with Gasteiger partial charge in [0.05, 0.1) is 12.0 Å². The van der Waals surface area contributed by atoms with E-state index in [1.807, 2.05) is 31.2 Å². The van der Waals surface area contributed by atoms with E-state index < -0.39 is 0 Å². The van der Waals surface area contributed by atoms with Crippen molar-refractivity contribution in [3.63, 3.8) is 0 Å². The van der Waals surface area contributed by atoms with Crippen molar-refractivity contribution in [3.05, 3.63) is 54.0 Å². The van der Waals surface area contributed by atoms with Gasteiger partial charge in [0.2, 0.25) is 5.78 Å². The van der Waals surface area contributed by atoms with Gasteiger partial charge in [-0.3, -0.25) is 4.79 Å². The average Bonchev–Trinajstić information content (AvgIpc) is 2.81. The fourth-order valence-electron chi connectivity index (χ4n) is 1.29. The van der Waals surface area contributed by atoms with E-state index in [9.17, 15) is 4.79 Å². The summed E-state index contributed by atoms with van der Waals surface area (Å²) in [4.78, 5) is 12.7. The second kappa shape index (κ2) is 5.03. The number of carbonyl (C=O) groups excluding carboxylic acids is 1. The Bertz CT molecular complexity index is 457. The van der Waals surface area contributed by atoms with Crippen LogP contribution in [0.4, 0.5) is 0 Å². The third-order valence-electron chi connectivity index (χ3n) is 2.19. The quantitative estimate of drug-likeness (QED) is 0.596. The largest absolute Gasteiger partial charge is 0.461 e. The molecular formula is C13H12O2S. The van der Waals surface area contributed by atoms with Gasteiger partial charge in [0.1, 0.15) is 0 Å². The zero-order valence-corrected chi connectivity index (χ0v) is 9.79. The monoisotopic (exact) mass is 232 g/mol. The highest BCUT2D eigenvalue weighted by Crippen LogP contribution is 2.19. The highest BCUT2D eigenvalue weighted by atomic mass is 32.2. The molecule has 0 unspecified atom stereocenters. The molecule has 0 atom stereocenters. The van der Waals surface area contributed by atoms with Crippen LogP contribution >= 0.6 is 11.8 Å². The third-order valence-corrected chi connectivity index (χ3v) is 3.20. The first-order valence-electron chi connectivity index (χ1n) is 5.02. The summed E-state index contributed by atoms with van der Waals surface area (Å²) in [5, 5.41) is 0. The molecule has 0 spiro atoms. The fourth-order valence-corrected chi connectivity index (χ4v) is 2.06. The number of ketones is 1. The minimum Gasteiger partial charge on any atom is -0.461 e. The SMILES string of the molecule is Cc1ccc(SCC(=O)c2ccco2)cc1. The van der Waals surface area contributed by atoms with E-state index in [0.717, 1.165) is 4.90 Å². The molecule has 0 amide bonds. The van der Waals surface area contributed by atoms with E-state index in [2.05, 4.69) is 0 Å². The van der Waals surface area contributed by atoms with Gasteiger partial charge in [0.15, 0.2) is 5.76 Å². The van der Waals surface area contributed by atoms with E-state index in [4.69, 9.17) is 4.42 Å². The number of carbonyl (C=O) groups is 1. The van der Waals surface area contributed by atoms with Crippen LogP contribution < -0.4 is 0 Å². The molecule has 0 saturated heterocycles. The maximum absolute atomic E-state index is 11.6. The molecule has 1 heterocycles. The van der Waals surface area contributed by atoms with Crippen molar-refractivity contribution in [2.75, 3.05) is 5.75 Å². The van der Waals surface area contributed by atoms with Gasteiger partial charge in [-0.15, -0.1) is 11.8 Å². The van der Waals surface area contributed by atoms with Gasteiger partial charge < -0.3 is 4.42 Å². The molecule has 0 aliphatic heterocycles. The van der Waals surface area contributed by atoms with Crippen LogP contribution in [0, 0.1) is 6.92 Å². The summed E-state index contributed by atoms with van der Waals surface area (Å²) in [6.07, 6.45) is 1.52. The molecular weight excluding hydrogens is 220 g/mol. The van der Waals surface area contributed by atoms with Gasteiger partial charge in [-0.2, -0.15) is 0 Å². The van der Waals surface area contributed by atoms with Gasteiger partial charge in [0, 0.05) is 4.90 Å². The molecule has 0 saturated carbocycles. The number of hydrogen-bond acceptors (Lipinski definition) is 3. The summed E-state index contributed by atoms with van der Waals surface area (Å²) in [5.74, 6) is 0.867. The predicted molar refractivity (Wildman–Crippen MR) is 64.9 cm³/mol. The van der Waals surface area contributed by atoms with Crippen molar-refractivity contribution in [2.24, 2.45) is 0 Å². The summed E-state index contributed by atoms with van der Waals surface area (Å²) in [7, 11) is 0. The lowest BCUT2D eigenvalue weighted by Gasteiger charge is -2.00. The maximum atomic E-state index is 11.6. The summed E-state index contributed by atoms with van der Waals surface area (Å²) in [5.41, 5.74) is 1.22. The Morgan fingerprint density at radius 2 is 2.00 bits per heavy atom. The van der Waals surface area contributed by atoms with Gasteiger partial charge in [-0.25, -0.2) is 0 Å². The number of furan rings is 1. The van der Waals surface area contributed by atoms with Crippen molar-refractivity contribution in [2.45, 2.75) is 11.8 Å². The summed E-state index contributed by atoms with van der Waals surface area (Å²) in [6, 6.07) is 11.5. The first-order valence-corrected chi connectivity index (χ1v) is 6.00. The number of rotatable bonds is 4. The first-order chi connectivity index (χ1) is 7.75.